The normalized spacial score (nSPS) is 14.3. The molecule has 1 amide bonds. The third-order valence-corrected chi connectivity index (χ3v) is 8.70. The summed E-state index contributed by atoms with van der Waals surface area (Å²) in [5.41, 5.74) is 2.64. The molecule has 1 saturated heterocycles. The number of rotatable bonds is 7. The molecular formula is C24H24ClN3O5S2. The standard InChI is InChI=1S/C24H24ClN3O5S2/c1-16-5-6-18(25)15-22(16)27-34(30,31)20-9-7-19(8-10-20)26-35(32,33)21-11-12-23(17(2)14-21)28-13-3-4-24(28)29/h5-12,14-15,26-27H,3-4,13H2,1-2H3. The van der Waals surface area contributed by atoms with Gasteiger partial charge in [-0.3, -0.25) is 14.2 Å². The molecule has 35 heavy (non-hydrogen) atoms. The fourth-order valence-electron chi connectivity index (χ4n) is 3.82. The van der Waals surface area contributed by atoms with Crippen LogP contribution in [0.2, 0.25) is 5.02 Å². The Hall–Kier alpha value is -3.08. The van der Waals surface area contributed by atoms with Gasteiger partial charge in [-0.05, 0) is 86.0 Å². The predicted octanol–water partition coefficient (Wildman–Crippen LogP) is 4.69. The maximum Gasteiger partial charge on any atom is 0.261 e. The Balaban J connectivity index is 1.51. The van der Waals surface area contributed by atoms with Crippen molar-refractivity contribution >= 4 is 54.6 Å². The molecule has 8 nitrogen and oxygen atoms in total. The largest absolute Gasteiger partial charge is 0.312 e. The van der Waals surface area contributed by atoms with Crippen molar-refractivity contribution in [3.63, 3.8) is 0 Å². The van der Waals surface area contributed by atoms with Crippen molar-refractivity contribution in [2.24, 2.45) is 0 Å². The van der Waals surface area contributed by atoms with Crippen LogP contribution in [0.15, 0.2) is 70.5 Å². The van der Waals surface area contributed by atoms with Gasteiger partial charge < -0.3 is 4.90 Å². The van der Waals surface area contributed by atoms with Crippen molar-refractivity contribution < 1.29 is 21.6 Å². The van der Waals surface area contributed by atoms with E-state index in [1.54, 1.807) is 36.9 Å². The number of halogens is 1. The number of carbonyl (C=O) groups is 1. The maximum absolute atomic E-state index is 12.9. The molecule has 3 aromatic carbocycles. The predicted molar refractivity (Wildman–Crippen MR) is 137 cm³/mol. The van der Waals surface area contributed by atoms with Crippen LogP contribution in [-0.2, 0) is 24.8 Å². The molecule has 1 fully saturated rings. The van der Waals surface area contributed by atoms with E-state index in [9.17, 15) is 21.6 Å². The second-order valence-electron chi connectivity index (χ2n) is 8.29. The highest BCUT2D eigenvalue weighted by molar-refractivity contribution is 7.93. The molecule has 1 heterocycles. The Bertz CT molecular complexity index is 1500. The molecule has 0 radical (unpaired) electrons. The van der Waals surface area contributed by atoms with Gasteiger partial charge in [0.25, 0.3) is 20.0 Å². The lowest BCUT2D eigenvalue weighted by atomic mass is 10.2. The van der Waals surface area contributed by atoms with Crippen molar-refractivity contribution in [2.45, 2.75) is 36.5 Å². The highest BCUT2D eigenvalue weighted by Gasteiger charge is 2.24. The first-order valence-electron chi connectivity index (χ1n) is 10.8. The van der Waals surface area contributed by atoms with E-state index in [1.807, 2.05) is 0 Å². The second kappa shape index (κ2) is 9.52. The molecule has 4 rings (SSSR count). The number of hydrogen-bond donors (Lipinski definition) is 2. The van der Waals surface area contributed by atoms with E-state index in [0.717, 1.165) is 6.42 Å². The molecule has 0 bridgehead atoms. The van der Waals surface area contributed by atoms with E-state index in [4.69, 9.17) is 11.6 Å². The molecule has 3 aromatic rings. The van der Waals surface area contributed by atoms with Crippen LogP contribution in [0, 0.1) is 13.8 Å². The molecular weight excluding hydrogens is 510 g/mol. The summed E-state index contributed by atoms with van der Waals surface area (Å²) in [6.45, 7) is 4.13. The average molecular weight is 534 g/mol. The van der Waals surface area contributed by atoms with Crippen LogP contribution in [0.25, 0.3) is 0 Å². The average Bonchev–Trinajstić information content (AvgIpc) is 3.21. The van der Waals surface area contributed by atoms with Crippen molar-refractivity contribution in [3.05, 3.63) is 76.8 Å². The van der Waals surface area contributed by atoms with Crippen molar-refractivity contribution in [1.29, 1.82) is 0 Å². The van der Waals surface area contributed by atoms with Crippen LogP contribution in [0.3, 0.4) is 0 Å². The number of nitrogens with zero attached hydrogens (tertiary/aromatic N) is 1. The van der Waals surface area contributed by atoms with Crippen molar-refractivity contribution in [1.82, 2.24) is 0 Å². The van der Waals surface area contributed by atoms with Gasteiger partial charge in [-0.25, -0.2) is 16.8 Å². The topological polar surface area (TPSA) is 113 Å². The number of carbonyl (C=O) groups excluding carboxylic acids is 1. The van der Waals surface area contributed by atoms with Gasteiger partial charge >= 0.3 is 0 Å². The first-order chi connectivity index (χ1) is 16.5. The molecule has 0 saturated carbocycles. The van der Waals surface area contributed by atoms with E-state index in [0.29, 0.717) is 40.5 Å². The number of benzene rings is 3. The van der Waals surface area contributed by atoms with Gasteiger partial charge in [-0.15, -0.1) is 0 Å². The fourth-order valence-corrected chi connectivity index (χ4v) is 6.26. The Morgan fingerprint density at radius 1 is 0.800 bits per heavy atom. The van der Waals surface area contributed by atoms with E-state index in [2.05, 4.69) is 9.44 Å². The highest BCUT2D eigenvalue weighted by atomic mass is 35.5. The zero-order chi connectivity index (χ0) is 25.4. The van der Waals surface area contributed by atoms with Crippen LogP contribution in [-0.4, -0.2) is 29.3 Å². The Labute approximate surface area is 210 Å². The number of anilines is 3. The van der Waals surface area contributed by atoms with E-state index in [1.165, 1.54) is 42.5 Å². The molecule has 0 atom stereocenters. The van der Waals surface area contributed by atoms with Crippen LogP contribution in [0.1, 0.15) is 24.0 Å². The highest BCUT2D eigenvalue weighted by Crippen LogP contribution is 2.29. The zero-order valence-corrected chi connectivity index (χ0v) is 21.5. The lowest BCUT2D eigenvalue weighted by Crippen LogP contribution is -2.24. The summed E-state index contributed by atoms with van der Waals surface area (Å²) in [6.07, 6.45) is 1.26. The van der Waals surface area contributed by atoms with Crippen LogP contribution >= 0.6 is 11.6 Å². The minimum absolute atomic E-state index is 0.0249. The summed E-state index contributed by atoms with van der Waals surface area (Å²) in [5, 5.41) is 0.397. The van der Waals surface area contributed by atoms with Gasteiger partial charge in [-0.1, -0.05) is 17.7 Å². The van der Waals surface area contributed by atoms with Gasteiger partial charge in [0.2, 0.25) is 5.91 Å². The number of sulfonamides is 2. The smallest absolute Gasteiger partial charge is 0.261 e. The van der Waals surface area contributed by atoms with Crippen molar-refractivity contribution in [3.8, 4) is 0 Å². The summed E-state index contributed by atoms with van der Waals surface area (Å²) in [4.78, 5) is 13.7. The summed E-state index contributed by atoms with van der Waals surface area (Å²) in [6, 6.07) is 14.9. The monoisotopic (exact) mass is 533 g/mol. The van der Waals surface area contributed by atoms with Gasteiger partial charge in [0.1, 0.15) is 0 Å². The Morgan fingerprint density at radius 3 is 2.09 bits per heavy atom. The fraction of sp³-hybridized carbons (Fsp3) is 0.208. The first kappa shape index (κ1) is 25.0. The van der Waals surface area contributed by atoms with Gasteiger partial charge in [-0.2, -0.15) is 0 Å². The molecule has 0 aromatic heterocycles. The summed E-state index contributed by atoms with van der Waals surface area (Å²) in [5.74, 6) is 0.0249. The van der Waals surface area contributed by atoms with Gasteiger partial charge in [0.05, 0.1) is 15.5 Å². The Morgan fingerprint density at radius 2 is 1.46 bits per heavy atom. The van der Waals surface area contributed by atoms with Crippen LogP contribution in [0.5, 0.6) is 0 Å². The lowest BCUT2D eigenvalue weighted by molar-refractivity contribution is -0.117. The number of nitrogens with one attached hydrogen (secondary N) is 2. The van der Waals surface area contributed by atoms with E-state index < -0.39 is 20.0 Å². The minimum Gasteiger partial charge on any atom is -0.312 e. The zero-order valence-electron chi connectivity index (χ0n) is 19.1. The quantitative estimate of drug-likeness (QED) is 0.457. The summed E-state index contributed by atoms with van der Waals surface area (Å²) in [7, 11) is -7.84. The van der Waals surface area contributed by atoms with Gasteiger partial charge in [0.15, 0.2) is 0 Å². The maximum atomic E-state index is 12.9. The molecule has 1 aliphatic heterocycles. The number of hydrogen-bond acceptors (Lipinski definition) is 5. The molecule has 11 heteroatoms. The van der Waals surface area contributed by atoms with Crippen LogP contribution < -0.4 is 14.3 Å². The summed E-state index contributed by atoms with van der Waals surface area (Å²) < 4.78 is 56.3. The number of amides is 1. The molecule has 1 aliphatic rings. The molecule has 0 spiro atoms. The van der Waals surface area contributed by atoms with Crippen LogP contribution in [0.4, 0.5) is 17.1 Å². The van der Waals surface area contributed by atoms with Crippen molar-refractivity contribution in [2.75, 3.05) is 20.9 Å². The third kappa shape index (κ3) is 5.44. The van der Waals surface area contributed by atoms with E-state index in [-0.39, 0.29) is 21.4 Å². The molecule has 0 aliphatic carbocycles. The SMILES string of the molecule is Cc1ccc(Cl)cc1NS(=O)(=O)c1ccc(NS(=O)(=O)c2ccc(N3CCCC3=O)c(C)c2)cc1. The second-order valence-corrected chi connectivity index (χ2v) is 12.1. The van der Waals surface area contributed by atoms with E-state index >= 15 is 0 Å². The molecule has 184 valence electrons. The summed E-state index contributed by atoms with van der Waals surface area (Å²) >= 11 is 5.96. The Kier molecular flexibility index (Phi) is 6.81. The van der Waals surface area contributed by atoms with Gasteiger partial charge in [0, 0.05) is 29.4 Å². The first-order valence-corrected chi connectivity index (χ1v) is 14.1. The minimum atomic E-state index is -3.93. The third-order valence-electron chi connectivity index (χ3n) is 5.70. The lowest BCUT2D eigenvalue weighted by Gasteiger charge is -2.19. The molecule has 0 unspecified atom stereocenters. The molecule has 2 N–H and O–H groups in total. The number of aryl methyl sites for hydroxylation is 2.